The Hall–Kier alpha value is -3.69. The Morgan fingerprint density at radius 3 is 2.18 bits per heavy atom. The number of benzene rings is 3. The second-order valence-electron chi connectivity index (χ2n) is 9.79. The van der Waals surface area contributed by atoms with Crippen molar-refractivity contribution in [2.24, 2.45) is 0 Å². The van der Waals surface area contributed by atoms with Crippen molar-refractivity contribution in [3.63, 3.8) is 0 Å². The van der Waals surface area contributed by atoms with Crippen LogP contribution in [0.2, 0.25) is 0 Å². The van der Waals surface area contributed by atoms with E-state index in [0.29, 0.717) is 18.7 Å². The maximum atomic E-state index is 13.4. The van der Waals surface area contributed by atoms with Crippen LogP contribution in [-0.2, 0) is 39.1 Å². The molecule has 39 heavy (non-hydrogen) atoms. The molecule has 1 aliphatic rings. The first-order valence-corrected chi connectivity index (χ1v) is 14.6. The molecule has 4 rings (SSSR count). The van der Waals surface area contributed by atoms with E-state index in [9.17, 15) is 18.0 Å². The van der Waals surface area contributed by atoms with Gasteiger partial charge in [0.25, 0.3) is 0 Å². The van der Waals surface area contributed by atoms with E-state index in [1.54, 1.807) is 43.2 Å². The van der Waals surface area contributed by atoms with Gasteiger partial charge in [-0.25, -0.2) is 13.1 Å². The molecule has 3 aromatic carbocycles. The van der Waals surface area contributed by atoms with E-state index >= 15 is 0 Å². The molecule has 1 saturated carbocycles. The Morgan fingerprint density at radius 1 is 0.923 bits per heavy atom. The van der Waals surface area contributed by atoms with Crippen LogP contribution in [0.1, 0.15) is 42.9 Å². The molecule has 0 radical (unpaired) electrons. The Morgan fingerprint density at radius 2 is 1.56 bits per heavy atom. The molecular weight excluding hydrogens is 514 g/mol. The van der Waals surface area contributed by atoms with Crippen molar-refractivity contribution in [2.45, 2.75) is 62.7 Å². The van der Waals surface area contributed by atoms with Gasteiger partial charge in [-0.05, 0) is 67.1 Å². The molecule has 0 heterocycles. The first-order valence-electron chi connectivity index (χ1n) is 13.1. The van der Waals surface area contributed by atoms with Crippen LogP contribution in [0.15, 0.2) is 83.8 Å². The standard InChI is InChI=1S/C30H35N3O5S/c1-22(30(35)31-20-24-6-4-3-5-7-24)33(21-25-8-15-27(38-2)16-9-25)29(34)19-12-23-10-17-28(18-11-23)39(36,37)32-26-13-14-26/h3-11,15-18,22,26,32H,12-14,19-21H2,1-2H3,(H,31,35). The average molecular weight is 550 g/mol. The summed E-state index contributed by atoms with van der Waals surface area (Å²) >= 11 is 0. The molecule has 2 amide bonds. The lowest BCUT2D eigenvalue weighted by molar-refractivity contribution is -0.140. The van der Waals surface area contributed by atoms with Gasteiger partial charge in [-0.3, -0.25) is 9.59 Å². The van der Waals surface area contributed by atoms with Gasteiger partial charge in [0.05, 0.1) is 12.0 Å². The van der Waals surface area contributed by atoms with E-state index in [-0.39, 0.29) is 35.7 Å². The summed E-state index contributed by atoms with van der Waals surface area (Å²) in [4.78, 5) is 28.3. The number of nitrogens with one attached hydrogen (secondary N) is 2. The number of hydrogen-bond acceptors (Lipinski definition) is 5. The number of hydrogen-bond donors (Lipinski definition) is 2. The fourth-order valence-corrected chi connectivity index (χ4v) is 5.47. The van der Waals surface area contributed by atoms with Gasteiger partial charge in [-0.1, -0.05) is 54.6 Å². The van der Waals surface area contributed by atoms with Crippen LogP contribution in [0.3, 0.4) is 0 Å². The molecule has 8 nitrogen and oxygen atoms in total. The van der Waals surface area contributed by atoms with Crippen molar-refractivity contribution >= 4 is 21.8 Å². The first kappa shape index (κ1) is 28.3. The van der Waals surface area contributed by atoms with Crippen molar-refractivity contribution in [2.75, 3.05) is 7.11 Å². The molecule has 2 N–H and O–H groups in total. The molecular formula is C30H35N3O5S. The van der Waals surface area contributed by atoms with E-state index in [4.69, 9.17) is 4.74 Å². The smallest absolute Gasteiger partial charge is 0.242 e. The van der Waals surface area contributed by atoms with Crippen LogP contribution in [0, 0.1) is 0 Å². The number of ether oxygens (including phenoxy) is 1. The maximum Gasteiger partial charge on any atom is 0.242 e. The molecule has 1 atom stereocenters. The highest BCUT2D eigenvalue weighted by Crippen LogP contribution is 2.23. The van der Waals surface area contributed by atoms with Gasteiger partial charge in [-0.2, -0.15) is 0 Å². The molecule has 0 bridgehead atoms. The van der Waals surface area contributed by atoms with Crippen LogP contribution >= 0.6 is 0 Å². The van der Waals surface area contributed by atoms with Crippen LogP contribution in [-0.4, -0.2) is 44.3 Å². The summed E-state index contributed by atoms with van der Waals surface area (Å²) in [6.07, 6.45) is 2.34. The fraction of sp³-hybridized carbons (Fsp3) is 0.333. The Balaban J connectivity index is 1.42. The lowest BCUT2D eigenvalue weighted by Crippen LogP contribution is -2.47. The van der Waals surface area contributed by atoms with Crippen LogP contribution in [0.4, 0.5) is 0 Å². The summed E-state index contributed by atoms with van der Waals surface area (Å²) in [7, 11) is -1.93. The predicted octanol–water partition coefficient (Wildman–Crippen LogP) is 3.80. The van der Waals surface area contributed by atoms with Gasteiger partial charge in [0.15, 0.2) is 0 Å². The van der Waals surface area contributed by atoms with Crippen LogP contribution in [0.25, 0.3) is 0 Å². The van der Waals surface area contributed by atoms with E-state index < -0.39 is 16.1 Å². The average Bonchev–Trinajstić information content (AvgIpc) is 3.77. The summed E-state index contributed by atoms with van der Waals surface area (Å²) in [5.41, 5.74) is 2.70. The highest BCUT2D eigenvalue weighted by atomic mass is 32.2. The quantitative estimate of drug-likeness (QED) is 0.338. The fourth-order valence-electron chi connectivity index (χ4n) is 4.16. The number of carbonyl (C=O) groups is 2. The van der Waals surface area contributed by atoms with Crippen molar-refractivity contribution in [1.29, 1.82) is 0 Å². The zero-order chi connectivity index (χ0) is 27.8. The Kier molecular flexibility index (Phi) is 9.37. The molecule has 0 saturated heterocycles. The van der Waals surface area contributed by atoms with E-state index in [1.807, 2.05) is 54.6 Å². The number of methoxy groups -OCH3 is 1. The van der Waals surface area contributed by atoms with Crippen molar-refractivity contribution in [1.82, 2.24) is 14.9 Å². The van der Waals surface area contributed by atoms with Gasteiger partial charge in [-0.15, -0.1) is 0 Å². The summed E-state index contributed by atoms with van der Waals surface area (Å²) < 4.78 is 32.8. The molecule has 1 aliphatic carbocycles. The minimum atomic E-state index is -3.52. The minimum Gasteiger partial charge on any atom is -0.497 e. The summed E-state index contributed by atoms with van der Waals surface area (Å²) in [5.74, 6) is 0.307. The number of carbonyl (C=O) groups excluding carboxylic acids is 2. The van der Waals surface area contributed by atoms with Crippen LogP contribution in [0.5, 0.6) is 5.75 Å². The summed E-state index contributed by atoms with van der Waals surface area (Å²) in [6.45, 7) is 2.38. The highest BCUT2D eigenvalue weighted by Gasteiger charge is 2.28. The number of amides is 2. The van der Waals surface area contributed by atoms with Gasteiger partial charge in [0, 0.05) is 25.6 Å². The molecule has 3 aromatic rings. The largest absolute Gasteiger partial charge is 0.497 e. The van der Waals surface area contributed by atoms with Gasteiger partial charge < -0.3 is 15.0 Å². The molecule has 1 unspecified atom stereocenters. The Labute approximate surface area is 230 Å². The highest BCUT2D eigenvalue weighted by molar-refractivity contribution is 7.89. The molecule has 206 valence electrons. The molecule has 0 aliphatic heterocycles. The number of sulfonamides is 1. The predicted molar refractivity (Wildman–Crippen MR) is 149 cm³/mol. The van der Waals surface area contributed by atoms with E-state index in [0.717, 1.165) is 29.5 Å². The minimum absolute atomic E-state index is 0.0378. The topological polar surface area (TPSA) is 105 Å². The molecule has 0 spiro atoms. The number of aryl methyl sites for hydroxylation is 1. The molecule has 9 heteroatoms. The number of rotatable bonds is 13. The molecule has 1 fully saturated rings. The zero-order valence-corrected chi connectivity index (χ0v) is 23.1. The van der Waals surface area contributed by atoms with Crippen molar-refractivity contribution < 1.29 is 22.7 Å². The second kappa shape index (κ2) is 12.9. The van der Waals surface area contributed by atoms with Crippen LogP contribution < -0.4 is 14.8 Å². The third-order valence-electron chi connectivity index (χ3n) is 6.75. The Bertz CT molecular complexity index is 1360. The lowest BCUT2D eigenvalue weighted by Gasteiger charge is -2.29. The lowest BCUT2D eigenvalue weighted by atomic mass is 10.1. The number of nitrogens with zero attached hydrogens (tertiary/aromatic N) is 1. The monoisotopic (exact) mass is 549 g/mol. The SMILES string of the molecule is COc1ccc(CN(C(=O)CCc2ccc(S(=O)(=O)NC3CC3)cc2)C(C)C(=O)NCc2ccccc2)cc1. The van der Waals surface area contributed by atoms with E-state index in [1.165, 1.54) is 0 Å². The molecule has 0 aromatic heterocycles. The summed E-state index contributed by atoms with van der Waals surface area (Å²) in [6, 6.07) is 23.0. The van der Waals surface area contributed by atoms with Gasteiger partial charge in [0.2, 0.25) is 21.8 Å². The third kappa shape index (κ3) is 8.15. The zero-order valence-electron chi connectivity index (χ0n) is 22.3. The second-order valence-corrected chi connectivity index (χ2v) is 11.5. The van der Waals surface area contributed by atoms with Gasteiger partial charge in [0.1, 0.15) is 11.8 Å². The van der Waals surface area contributed by atoms with Crippen molar-refractivity contribution in [3.05, 3.63) is 95.6 Å². The van der Waals surface area contributed by atoms with Gasteiger partial charge >= 0.3 is 0 Å². The first-order chi connectivity index (χ1) is 18.7. The van der Waals surface area contributed by atoms with Crippen molar-refractivity contribution in [3.8, 4) is 5.75 Å². The van der Waals surface area contributed by atoms with E-state index in [2.05, 4.69) is 10.0 Å². The third-order valence-corrected chi connectivity index (χ3v) is 8.29. The maximum absolute atomic E-state index is 13.4. The normalized spacial score (nSPS) is 13.9. The summed E-state index contributed by atoms with van der Waals surface area (Å²) in [5, 5.41) is 2.93.